The molecule has 0 radical (unpaired) electrons. The highest BCUT2D eigenvalue weighted by Crippen LogP contribution is 2.19. The van der Waals surface area contributed by atoms with Crippen molar-refractivity contribution < 1.29 is 8.42 Å². The summed E-state index contributed by atoms with van der Waals surface area (Å²) >= 11 is 0. The number of nitrogens with one attached hydrogen (secondary N) is 2. The molecule has 1 aromatic carbocycles. The lowest BCUT2D eigenvalue weighted by molar-refractivity contribution is 0.439. The second-order valence-corrected chi connectivity index (χ2v) is 7.34. The zero-order valence-electron chi connectivity index (χ0n) is 13.1. The zero-order chi connectivity index (χ0) is 15.4. The summed E-state index contributed by atoms with van der Waals surface area (Å²) in [4.78, 5) is 0.335. The van der Waals surface area contributed by atoms with Crippen LogP contribution in [0.4, 0.5) is 0 Å². The predicted octanol–water partition coefficient (Wildman–Crippen LogP) is 2.44. The summed E-state index contributed by atoms with van der Waals surface area (Å²) in [6.07, 6.45) is 1.63. The maximum atomic E-state index is 12.4. The van der Waals surface area contributed by atoms with Gasteiger partial charge in [0.05, 0.1) is 4.90 Å². The molecule has 0 aromatic heterocycles. The van der Waals surface area contributed by atoms with Crippen LogP contribution in [0.15, 0.2) is 23.1 Å². The Hall–Kier alpha value is -0.910. The van der Waals surface area contributed by atoms with E-state index in [1.54, 1.807) is 12.1 Å². The Labute approximate surface area is 123 Å². The van der Waals surface area contributed by atoms with Crippen LogP contribution in [0.25, 0.3) is 0 Å². The summed E-state index contributed by atoms with van der Waals surface area (Å²) in [6.45, 7) is 8.49. The van der Waals surface area contributed by atoms with Crippen molar-refractivity contribution >= 4 is 10.0 Å². The fourth-order valence-corrected chi connectivity index (χ4v) is 3.50. The van der Waals surface area contributed by atoms with E-state index >= 15 is 0 Å². The Morgan fingerprint density at radius 1 is 1.15 bits per heavy atom. The van der Waals surface area contributed by atoms with Gasteiger partial charge in [0.25, 0.3) is 0 Å². The quantitative estimate of drug-likeness (QED) is 0.813. The lowest BCUT2D eigenvalue weighted by atomic mass is 10.0. The Morgan fingerprint density at radius 3 is 2.30 bits per heavy atom. The molecule has 4 nitrogen and oxygen atoms in total. The molecule has 0 aliphatic rings. The molecular weight excluding hydrogens is 272 g/mol. The van der Waals surface area contributed by atoms with E-state index in [1.807, 2.05) is 33.9 Å². The molecule has 0 spiro atoms. The fraction of sp³-hybridized carbons (Fsp3) is 0.600. The second-order valence-electron chi connectivity index (χ2n) is 5.66. The maximum Gasteiger partial charge on any atom is 0.241 e. The van der Waals surface area contributed by atoms with Gasteiger partial charge >= 0.3 is 0 Å². The van der Waals surface area contributed by atoms with Crippen molar-refractivity contribution in [1.82, 2.24) is 10.0 Å². The molecule has 0 unspecified atom stereocenters. The van der Waals surface area contributed by atoms with Gasteiger partial charge in [0.1, 0.15) is 0 Å². The lowest BCUT2D eigenvalue weighted by Crippen LogP contribution is -2.42. The van der Waals surface area contributed by atoms with Gasteiger partial charge in [0.15, 0.2) is 0 Å². The molecule has 20 heavy (non-hydrogen) atoms. The molecule has 0 atom stereocenters. The van der Waals surface area contributed by atoms with E-state index in [9.17, 15) is 8.42 Å². The number of hydrogen-bond acceptors (Lipinski definition) is 3. The minimum absolute atomic E-state index is 0.335. The summed E-state index contributed by atoms with van der Waals surface area (Å²) in [5.74, 6) is 0. The monoisotopic (exact) mass is 298 g/mol. The third-order valence-electron chi connectivity index (χ3n) is 3.53. The minimum atomic E-state index is -3.47. The van der Waals surface area contributed by atoms with Gasteiger partial charge in [-0.1, -0.05) is 19.9 Å². The van der Waals surface area contributed by atoms with Crippen molar-refractivity contribution in [1.29, 1.82) is 0 Å². The Morgan fingerprint density at radius 2 is 1.80 bits per heavy atom. The van der Waals surface area contributed by atoms with Gasteiger partial charge in [-0.15, -0.1) is 0 Å². The van der Waals surface area contributed by atoms with Crippen molar-refractivity contribution in [3.63, 3.8) is 0 Å². The molecule has 0 saturated carbocycles. The van der Waals surface area contributed by atoms with Crippen LogP contribution in [0.1, 0.15) is 45.2 Å². The minimum Gasteiger partial charge on any atom is -0.316 e. The van der Waals surface area contributed by atoms with Crippen LogP contribution in [-0.4, -0.2) is 21.0 Å². The SMILES string of the molecule is CCc1ccc(S(=O)(=O)NC(C)(C)CC)cc1CNC. The van der Waals surface area contributed by atoms with Crippen molar-refractivity contribution in [3.8, 4) is 0 Å². The third kappa shape index (κ3) is 4.30. The highest BCUT2D eigenvalue weighted by Gasteiger charge is 2.24. The van der Waals surface area contributed by atoms with E-state index in [2.05, 4.69) is 17.0 Å². The van der Waals surface area contributed by atoms with E-state index in [-0.39, 0.29) is 0 Å². The van der Waals surface area contributed by atoms with Gasteiger partial charge in [-0.2, -0.15) is 0 Å². The number of benzene rings is 1. The van der Waals surface area contributed by atoms with Gasteiger partial charge in [-0.05, 0) is 57.0 Å². The highest BCUT2D eigenvalue weighted by molar-refractivity contribution is 7.89. The fourth-order valence-electron chi connectivity index (χ4n) is 1.96. The van der Waals surface area contributed by atoms with Crippen LogP contribution in [0, 0.1) is 0 Å². The van der Waals surface area contributed by atoms with E-state index in [1.165, 1.54) is 5.56 Å². The molecule has 2 N–H and O–H groups in total. The molecule has 5 heteroatoms. The first-order valence-electron chi connectivity index (χ1n) is 7.06. The van der Waals surface area contributed by atoms with Gasteiger partial charge < -0.3 is 5.32 Å². The topological polar surface area (TPSA) is 58.2 Å². The first-order chi connectivity index (χ1) is 9.25. The largest absolute Gasteiger partial charge is 0.316 e. The molecule has 0 aliphatic heterocycles. The molecular formula is C15H26N2O2S. The zero-order valence-corrected chi connectivity index (χ0v) is 13.9. The first-order valence-corrected chi connectivity index (χ1v) is 8.54. The van der Waals surface area contributed by atoms with Crippen molar-refractivity contribution in [2.24, 2.45) is 0 Å². The van der Waals surface area contributed by atoms with E-state index in [4.69, 9.17) is 0 Å². The summed E-state index contributed by atoms with van der Waals surface area (Å²) in [5, 5.41) is 3.08. The smallest absolute Gasteiger partial charge is 0.241 e. The Balaban J connectivity index is 3.16. The average molecular weight is 298 g/mol. The molecule has 0 heterocycles. The molecule has 0 fully saturated rings. The molecule has 114 valence electrons. The second kappa shape index (κ2) is 6.70. The van der Waals surface area contributed by atoms with Crippen LogP contribution in [0.5, 0.6) is 0 Å². The molecule has 1 aromatic rings. The normalized spacial score (nSPS) is 12.7. The number of aryl methyl sites for hydroxylation is 1. The van der Waals surface area contributed by atoms with E-state index in [0.29, 0.717) is 11.4 Å². The van der Waals surface area contributed by atoms with Gasteiger partial charge in [0, 0.05) is 12.1 Å². The Kier molecular flexibility index (Phi) is 5.74. The van der Waals surface area contributed by atoms with Crippen LogP contribution in [0.2, 0.25) is 0 Å². The van der Waals surface area contributed by atoms with Crippen LogP contribution in [-0.2, 0) is 23.0 Å². The van der Waals surface area contributed by atoms with E-state index in [0.717, 1.165) is 18.4 Å². The summed E-state index contributed by atoms with van der Waals surface area (Å²) < 4.78 is 27.6. The van der Waals surface area contributed by atoms with Crippen molar-refractivity contribution in [2.45, 2.75) is 57.5 Å². The van der Waals surface area contributed by atoms with E-state index < -0.39 is 15.6 Å². The van der Waals surface area contributed by atoms with Crippen molar-refractivity contribution in [2.75, 3.05) is 7.05 Å². The molecule has 0 amide bonds. The average Bonchev–Trinajstić information content (AvgIpc) is 2.38. The molecule has 0 bridgehead atoms. The standard InChI is InChI=1S/C15H26N2O2S/c1-6-12-8-9-14(10-13(12)11-16-5)20(18,19)17-15(3,4)7-2/h8-10,16-17H,6-7,11H2,1-5H3. The molecule has 0 saturated heterocycles. The predicted molar refractivity (Wildman–Crippen MR) is 83.3 cm³/mol. The van der Waals surface area contributed by atoms with Crippen molar-refractivity contribution in [3.05, 3.63) is 29.3 Å². The van der Waals surface area contributed by atoms with Crippen LogP contribution >= 0.6 is 0 Å². The van der Waals surface area contributed by atoms with Crippen LogP contribution < -0.4 is 10.0 Å². The van der Waals surface area contributed by atoms with Gasteiger partial charge in [-0.3, -0.25) is 0 Å². The van der Waals surface area contributed by atoms with Crippen LogP contribution in [0.3, 0.4) is 0 Å². The van der Waals surface area contributed by atoms with Gasteiger partial charge in [0.2, 0.25) is 10.0 Å². The number of sulfonamides is 1. The number of rotatable bonds is 7. The summed E-state index contributed by atoms with van der Waals surface area (Å²) in [5.41, 5.74) is 1.77. The molecule has 1 rings (SSSR count). The molecule has 0 aliphatic carbocycles. The number of hydrogen-bond donors (Lipinski definition) is 2. The Bertz CT molecular complexity index is 551. The summed E-state index contributed by atoms with van der Waals surface area (Å²) in [6, 6.07) is 5.36. The first kappa shape index (κ1) is 17.1. The lowest BCUT2D eigenvalue weighted by Gasteiger charge is -2.24. The summed E-state index contributed by atoms with van der Waals surface area (Å²) in [7, 11) is -1.61. The highest BCUT2D eigenvalue weighted by atomic mass is 32.2. The van der Waals surface area contributed by atoms with Gasteiger partial charge in [-0.25, -0.2) is 13.1 Å². The third-order valence-corrected chi connectivity index (χ3v) is 5.23. The maximum absolute atomic E-state index is 12.4.